The quantitative estimate of drug-likeness (QED) is 0.308. The number of ether oxygens (including phenoxy) is 2. The summed E-state index contributed by atoms with van der Waals surface area (Å²) in [4.78, 5) is 24.6. The van der Waals surface area contributed by atoms with Crippen molar-refractivity contribution >= 4 is 29.1 Å². The van der Waals surface area contributed by atoms with Gasteiger partial charge in [0.25, 0.3) is 11.8 Å². The van der Waals surface area contributed by atoms with Crippen LogP contribution < -0.4 is 25.6 Å². The van der Waals surface area contributed by atoms with Crippen molar-refractivity contribution in [3.05, 3.63) is 95.6 Å². The maximum Gasteiger partial charge on any atom is 0.276 e. The van der Waals surface area contributed by atoms with Crippen molar-refractivity contribution in [3.8, 4) is 11.5 Å². The molecular weight excluding hydrogens is 462 g/mol. The first-order valence-electron chi connectivity index (χ1n) is 11.3. The molecule has 0 radical (unpaired) electrons. The van der Waals surface area contributed by atoms with Crippen LogP contribution >= 0.6 is 12.2 Å². The average molecular weight is 492 g/mol. The number of hydrogen-bond acceptors (Lipinski definition) is 5. The molecule has 0 fully saturated rings. The largest absolute Gasteiger partial charge is 0.493 e. The van der Waals surface area contributed by atoms with Crippen LogP contribution in [0.15, 0.2) is 78.9 Å². The van der Waals surface area contributed by atoms with E-state index in [1.165, 1.54) is 5.56 Å². The molecule has 0 saturated carbocycles. The first kappa shape index (κ1) is 25.7. The van der Waals surface area contributed by atoms with E-state index < -0.39 is 11.8 Å². The third-order valence-corrected chi connectivity index (χ3v) is 5.24. The van der Waals surface area contributed by atoms with Crippen LogP contribution in [0.2, 0.25) is 0 Å². The number of hydrazine groups is 1. The van der Waals surface area contributed by atoms with Crippen LogP contribution in [0.4, 0.5) is 0 Å². The number of nitrogens with one attached hydrogen (secondary N) is 3. The highest BCUT2D eigenvalue weighted by molar-refractivity contribution is 7.80. The van der Waals surface area contributed by atoms with Gasteiger partial charge >= 0.3 is 0 Å². The Morgan fingerprint density at radius 3 is 2.40 bits per heavy atom. The Morgan fingerprint density at radius 1 is 0.886 bits per heavy atom. The molecule has 0 aromatic heterocycles. The summed E-state index contributed by atoms with van der Waals surface area (Å²) in [5, 5.41) is 2.49. The van der Waals surface area contributed by atoms with Crippen LogP contribution in [0.1, 0.15) is 41.3 Å². The fourth-order valence-corrected chi connectivity index (χ4v) is 3.40. The fourth-order valence-electron chi connectivity index (χ4n) is 3.26. The van der Waals surface area contributed by atoms with E-state index >= 15 is 0 Å². The normalized spacial score (nSPS) is 10.4. The SMILES string of the molecule is CC(C)c1ccccc1OCC(=O)NNC(=S)NC(=O)c1cccc(OCCc2ccccc2)c1. The molecule has 2 amide bonds. The zero-order valence-corrected chi connectivity index (χ0v) is 20.6. The van der Waals surface area contributed by atoms with E-state index in [0.717, 1.165) is 12.0 Å². The van der Waals surface area contributed by atoms with Crippen molar-refractivity contribution in [1.82, 2.24) is 16.2 Å². The summed E-state index contributed by atoms with van der Waals surface area (Å²) < 4.78 is 11.4. The minimum atomic E-state index is -0.436. The van der Waals surface area contributed by atoms with Gasteiger partial charge in [0.1, 0.15) is 11.5 Å². The molecule has 35 heavy (non-hydrogen) atoms. The number of carbonyl (C=O) groups excluding carboxylic acids is 2. The summed E-state index contributed by atoms with van der Waals surface area (Å²) in [7, 11) is 0. The Bertz CT molecular complexity index is 1150. The Morgan fingerprint density at radius 2 is 1.63 bits per heavy atom. The van der Waals surface area contributed by atoms with Crippen LogP contribution in [0.5, 0.6) is 11.5 Å². The van der Waals surface area contributed by atoms with E-state index in [9.17, 15) is 9.59 Å². The van der Waals surface area contributed by atoms with Crippen molar-refractivity contribution < 1.29 is 19.1 Å². The van der Waals surface area contributed by atoms with Gasteiger partial charge in [-0.1, -0.05) is 68.4 Å². The van der Waals surface area contributed by atoms with E-state index in [2.05, 4.69) is 30.0 Å². The lowest BCUT2D eigenvalue weighted by Gasteiger charge is -2.14. The minimum absolute atomic E-state index is 0.0404. The number of thiocarbonyl (C=S) groups is 1. The number of amides is 2. The molecular formula is C27H29N3O4S. The van der Waals surface area contributed by atoms with Crippen molar-refractivity contribution in [1.29, 1.82) is 0 Å². The van der Waals surface area contributed by atoms with Gasteiger partial charge in [-0.25, -0.2) is 0 Å². The minimum Gasteiger partial charge on any atom is -0.493 e. The molecule has 0 bridgehead atoms. The smallest absolute Gasteiger partial charge is 0.276 e. The van der Waals surface area contributed by atoms with Crippen LogP contribution in [-0.2, 0) is 11.2 Å². The molecule has 3 aromatic carbocycles. The Balaban J connectivity index is 1.41. The molecule has 182 valence electrons. The van der Waals surface area contributed by atoms with Crippen molar-refractivity contribution in [2.45, 2.75) is 26.2 Å². The molecule has 0 aliphatic carbocycles. The molecule has 0 heterocycles. The lowest BCUT2D eigenvalue weighted by Crippen LogP contribution is -2.49. The molecule has 8 heteroatoms. The summed E-state index contributed by atoms with van der Waals surface area (Å²) in [6.45, 7) is 4.40. The van der Waals surface area contributed by atoms with E-state index in [1.54, 1.807) is 24.3 Å². The standard InChI is InChI=1S/C27H29N3O4S/c1-19(2)23-13-6-7-14-24(23)34-18-25(31)29-30-27(35)28-26(32)21-11-8-12-22(17-21)33-16-15-20-9-4-3-5-10-20/h3-14,17,19H,15-16,18H2,1-2H3,(H,29,31)(H2,28,30,32,35). The number of para-hydroxylation sites is 1. The first-order chi connectivity index (χ1) is 16.9. The van der Waals surface area contributed by atoms with E-state index in [0.29, 0.717) is 23.7 Å². The van der Waals surface area contributed by atoms with Gasteiger partial charge in [-0.2, -0.15) is 0 Å². The predicted octanol–water partition coefficient (Wildman–Crippen LogP) is 4.15. The summed E-state index contributed by atoms with van der Waals surface area (Å²) in [6, 6.07) is 24.4. The predicted molar refractivity (Wildman–Crippen MR) is 139 cm³/mol. The highest BCUT2D eigenvalue weighted by Crippen LogP contribution is 2.25. The van der Waals surface area contributed by atoms with Crippen molar-refractivity contribution in [3.63, 3.8) is 0 Å². The van der Waals surface area contributed by atoms with Crippen LogP contribution in [0.3, 0.4) is 0 Å². The summed E-state index contributed by atoms with van der Waals surface area (Å²) in [5.41, 5.74) is 7.50. The van der Waals surface area contributed by atoms with Gasteiger partial charge in [0.05, 0.1) is 6.61 Å². The van der Waals surface area contributed by atoms with Crippen LogP contribution in [-0.4, -0.2) is 30.1 Å². The molecule has 0 aliphatic heterocycles. The van der Waals surface area contributed by atoms with Gasteiger partial charge in [-0.15, -0.1) is 0 Å². The number of rotatable bonds is 9. The van der Waals surface area contributed by atoms with Gasteiger partial charge in [0.2, 0.25) is 0 Å². The van der Waals surface area contributed by atoms with Gasteiger partial charge in [0, 0.05) is 12.0 Å². The summed E-state index contributed by atoms with van der Waals surface area (Å²) in [5.74, 6) is 0.642. The van der Waals surface area contributed by atoms with Gasteiger partial charge in [-0.3, -0.25) is 25.8 Å². The fraction of sp³-hybridized carbons (Fsp3) is 0.222. The van der Waals surface area contributed by atoms with Crippen LogP contribution in [0, 0.1) is 0 Å². The zero-order chi connectivity index (χ0) is 25.0. The van der Waals surface area contributed by atoms with E-state index in [-0.39, 0.29) is 17.6 Å². The summed E-state index contributed by atoms with van der Waals surface area (Å²) >= 11 is 5.11. The molecule has 0 aliphatic rings. The Labute approximate surface area is 210 Å². The molecule has 3 aromatic rings. The van der Waals surface area contributed by atoms with Gasteiger partial charge in [-0.05, 0) is 53.5 Å². The lowest BCUT2D eigenvalue weighted by molar-refractivity contribution is -0.123. The Kier molecular flexibility index (Phi) is 9.62. The number of carbonyl (C=O) groups is 2. The van der Waals surface area contributed by atoms with Crippen molar-refractivity contribution in [2.24, 2.45) is 0 Å². The average Bonchev–Trinajstić information content (AvgIpc) is 2.87. The van der Waals surface area contributed by atoms with Crippen molar-refractivity contribution in [2.75, 3.05) is 13.2 Å². The maximum atomic E-state index is 12.5. The van der Waals surface area contributed by atoms with Gasteiger partial charge < -0.3 is 9.47 Å². The highest BCUT2D eigenvalue weighted by atomic mass is 32.1. The van der Waals surface area contributed by atoms with Gasteiger partial charge in [0.15, 0.2) is 11.7 Å². The second-order valence-corrected chi connectivity index (χ2v) is 8.46. The van der Waals surface area contributed by atoms with E-state index in [4.69, 9.17) is 21.7 Å². The number of hydrogen-bond donors (Lipinski definition) is 3. The zero-order valence-electron chi connectivity index (χ0n) is 19.7. The molecule has 7 nitrogen and oxygen atoms in total. The van der Waals surface area contributed by atoms with Crippen LogP contribution in [0.25, 0.3) is 0 Å². The maximum absolute atomic E-state index is 12.5. The highest BCUT2D eigenvalue weighted by Gasteiger charge is 2.12. The molecule has 0 saturated heterocycles. The second kappa shape index (κ2) is 13.1. The molecule has 0 spiro atoms. The monoisotopic (exact) mass is 491 g/mol. The molecule has 0 atom stereocenters. The topological polar surface area (TPSA) is 88.7 Å². The third-order valence-electron chi connectivity index (χ3n) is 5.04. The first-order valence-corrected chi connectivity index (χ1v) is 11.7. The molecule has 3 rings (SSSR count). The summed E-state index contributed by atoms with van der Waals surface area (Å²) in [6.07, 6.45) is 0.762. The Hall–Kier alpha value is -3.91. The lowest BCUT2D eigenvalue weighted by atomic mass is 10.0. The number of benzene rings is 3. The second-order valence-electron chi connectivity index (χ2n) is 8.05. The third kappa shape index (κ3) is 8.42. The van der Waals surface area contributed by atoms with E-state index in [1.807, 2.05) is 54.6 Å². The molecule has 0 unspecified atom stereocenters. The molecule has 3 N–H and O–H groups in total.